The first-order chi connectivity index (χ1) is 8.49. The van der Waals surface area contributed by atoms with Crippen LogP contribution >= 0.6 is 11.8 Å². The first-order valence-corrected chi connectivity index (χ1v) is 7.09. The molecule has 0 bridgehead atoms. The number of nitrogens with two attached hydrogens (primary N) is 1. The lowest BCUT2D eigenvalue weighted by Crippen LogP contribution is -2.10. The summed E-state index contributed by atoms with van der Waals surface area (Å²) < 4.78 is 0.165. The van der Waals surface area contributed by atoms with E-state index in [1.807, 2.05) is 23.9 Å². The van der Waals surface area contributed by atoms with Gasteiger partial charge in [-0.25, -0.2) is 4.98 Å². The van der Waals surface area contributed by atoms with Crippen LogP contribution in [0.4, 0.5) is 0 Å². The number of pyridine rings is 1. The van der Waals surface area contributed by atoms with Crippen LogP contribution in [0.15, 0.2) is 35.4 Å². The number of benzene rings is 1. The summed E-state index contributed by atoms with van der Waals surface area (Å²) in [6.07, 6.45) is 0.885. The highest BCUT2D eigenvalue weighted by Crippen LogP contribution is 2.34. The lowest BCUT2D eigenvalue weighted by molar-refractivity contribution is 0.796. The van der Waals surface area contributed by atoms with Crippen LogP contribution in [-0.2, 0) is 6.42 Å². The number of para-hydroxylation sites is 1. The fraction of sp³-hybridized carbons (Fsp3) is 0.400. The Morgan fingerprint density at radius 3 is 2.61 bits per heavy atom. The molecule has 1 aromatic heterocycles. The third-order valence-corrected chi connectivity index (χ3v) is 3.74. The standard InChI is InChI=1S/C15H20N2S/c1-15(2,3)18-14-12(8-9-16)10-11-6-4-5-7-13(11)17-14/h4-7,10H,8-9,16H2,1-3H3. The van der Waals surface area contributed by atoms with Gasteiger partial charge in [-0.1, -0.05) is 39.0 Å². The maximum absolute atomic E-state index is 5.70. The van der Waals surface area contributed by atoms with E-state index in [-0.39, 0.29) is 4.75 Å². The molecule has 0 fully saturated rings. The van der Waals surface area contributed by atoms with Gasteiger partial charge in [0.25, 0.3) is 0 Å². The van der Waals surface area contributed by atoms with Gasteiger partial charge in [-0.2, -0.15) is 0 Å². The molecule has 96 valence electrons. The zero-order valence-corrected chi connectivity index (χ0v) is 12.1. The Hall–Kier alpha value is -1.06. The molecule has 0 spiro atoms. The molecule has 0 saturated heterocycles. The molecule has 0 radical (unpaired) electrons. The number of aromatic nitrogens is 1. The highest BCUT2D eigenvalue weighted by molar-refractivity contribution is 8.00. The first-order valence-electron chi connectivity index (χ1n) is 6.27. The summed E-state index contributed by atoms with van der Waals surface area (Å²) in [6, 6.07) is 10.5. The second kappa shape index (κ2) is 5.29. The molecule has 2 rings (SSSR count). The Kier molecular flexibility index (Phi) is 3.93. The Bertz CT molecular complexity index is 544. The van der Waals surface area contributed by atoms with Crippen molar-refractivity contribution in [2.75, 3.05) is 6.54 Å². The van der Waals surface area contributed by atoms with Gasteiger partial charge in [-0.15, -0.1) is 11.8 Å². The Balaban J connectivity index is 2.50. The van der Waals surface area contributed by atoms with Crippen molar-refractivity contribution in [1.82, 2.24) is 4.98 Å². The molecule has 1 heterocycles. The van der Waals surface area contributed by atoms with Crippen LogP contribution in [0.25, 0.3) is 10.9 Å². The number of hydrogen-bond donors (Lipinski definition) is 1. The van der Waals surface area contributed by atoms with Crippen molar-refractivity contribution in [3.8, 4) is 0 Å². The third-order valence-electron chi connectivity index (χ3n) is 2.58. The molecule has 1 aromatic carbocycles. The van der Waals surface area contributed by atoms with Gasteiger partial charge < -0.3 is 5.73 Å². The fourth-order valence-corrected chi connectivity index (χ4v) is 2.87. The Morgan fingerprint density at radius 1 is 1.22 bits per heavy atom. The summed E-state index contributed by atoms with van der Waals surface area (Å²) >= 11 is 1.82. The first kappa shape index (κ1) is 13.4. The van der Waals surface area contributed by atoms with Gasteiger partial charge in [-0.05, 0) is 30.7 Å². The minimum atomic E-state index is 0.165. The maximum atomic E-state index is 5.70. The van der Waals surface area contributed by atoms with E-state index in [0.717, 1.165) is 17.0 Å². The van der Waals surface area contributed by atoms with Crippen LogP contribution in [0.1, 0.15) is 26.3 Å². The van der Waals surface area contributed by atoms with Crippen LogP contribution in [0.2, 0.25) is 0 Å². The molecule has 0 aliphatic rings. The van der Waals surface area contributed by atoms with Gasteiger partial charge in [-0.3, -0.25) is 0 Å². The normalized spacial score (nSPS) is 12.0. The van der Waals surface area contributed by atoms with Gasteiger partial charge in [0.1, 0.15) is 5.03 Å². The third kappa shape index (κ3) is 3.24. The second-order valence-electron chi connectivity index (χ2n) is 5.40. The SMILES string of the molecule is CC(C)(C)Sc1nc2ccccc2cc1CCN. The maximum Gasteiger partial charge on any atom is 0.100 e. The summed E-state index contributed by atoms with van der Waals surface area (Å²) in [6.45, 7) is 7.29. The summed E-state index contributed by atoms with van der Waals surface area (Å²) in [5.74, 6) is 0. The molecule has 3 heteroatoms. The lowest BCUT2D eigenvalue weighted by atomic mass is 10.1. The van der Waals surface area contributed by atoms with Crippen molar-refractivity contribution < 1.29 is 0 Å². The van der Waals surface area contributed by atoms with Crippen LogP contribution in [-0.4, -0.2) is 16.3 Å². The number of fused-ring (bicyclic) bond motifs is 1. The molecule has 0 amide bonds. The largest absolute Gasteiger partial charge is 0.330 e. The summed E-state index contributed by atoms with van der Waals surface area (Å²) in [4.78, 5) is 4.79. The van der Waals surface area contributed by atoms with E-state index in [9.17, 15) is 0 Å². The summed E-state index contributed by atoms with van der Waals surface area (Å²) in [7, 11) is 0. The average Bonchev–Trinajstić information content (AvgIpc) is 2.28. The van der Waals surface area contributed by atoms with Gasteiger partial charge in [0.2, 0.25) is 0 Å². The average molecular weight is 260 g/mol. The summed E-state index contributed by atoms with van der Waals surface area (Å²) in [5, 5.41) is 2.31. The molecule has 2 aromatic rings. The van der Waals surface area contributed by atoms with Gasteiger partial charge >= 0.3 is 0 Å². The molecule has 0 unspecified atom stereocenters. The molecule has 2 N–H and O–H groups in total. The monoisotopic (exact) mass is 260 g/mol. The highest BCUT2D eigenvalue weighted by atomic mass is 32.2. The van der Waals surface area contributed by atoms with E-state index < -0.39 is 0 Å². The number of hydrogen-bond acceptors (Lipinski definition) is 3. The van der Waals surface area contributed by atoms with E-state index in [0.29, 0.717) is 6.54 Å². The van der Waals surface area contributed by atoms with Crippen LogP contribution in [0.3, 0.4) is 0 Å². The summed E-state index contributed by atoms with van der Waals surface area (Å²) in [5.41, 5.74) is 8.02. The number of nitrogens with zero attached hydrogens (tertiary/aromatic N) is 1. The van der Waals surface area contributed by atoms with E-state index in [1.54, 1.807) is 0 Å². The second-order valence-corrected chi connectivity index (χ2v) is 7.21. The van der Waals surface area contributed by atoms with E-state index >= 15 is 0 Å². The zero-order valence-electron chi connectivity index (χ0n) is 11.2. The van der Waals surface area contributed by atoms with E-state index in [4.69, 9.17) is 10.7 Å². The highest BCUT2D eigenvalue weighted by Gasteiger charge is 2.16. The molecule has 0 saturated carbocycles. The van der Waals surface area contributed by atoms with Gasteiger partial charge in [0.05, 0.1) is 5.52 Å². The van der Waals surface area contributed by atoms with Crippen molar-refractivity contribution in [2.24, 2.45) is 5.73 Å². The van der Waals surface area contributed by atoms with E-state index in [2.05, 4.69) is 39.0 Å². The topological polar surface area (TPSA) is 38.9 Å². The minimum absolute atomic E-state index is 0.165. The Morgan fingerprint density at radius 2 is 1.94 bits per heavy atom. The minimum Gasteiger partial charge on any atom is -0.330 e. The van der Waals surface area contributed by atoms with Crippen molar-refractivity contribution >= 4 is 22.7 Å². The predicted molar refractivity (Wildman–Crippen MR) is 80.1 cm³/mol. The van der Waals surface area contributed by atoms with Crippen LogP contribution < -0.4 is 5.73 Å². The number of rotatable bonds is 3. The molecule has 0 aliphatic carbocycles. The molecular weight excluding hydrogens is 240 g/mol. The van der Waals surface area contributed by atoms with Crippen molar-refractivity contribution in [3.05, 3.63) is 35.9 Å². The van der Waals surface area contributed by atoms with Crippen molar-refractivity contribution in [3.63, 3.8) is 0 Å². The van der Waals surface area contributed by atoms with Crippen molar-refractivity contribution in [2.45, 2.75) is 37.0 Å². The number of thioether (sulfide) groups is 1. The van der Waals surface area contributed by atoms with Crippen molar-refractivity contribution in [1.29, 1.82) is 0 Å². The molecular formula is C15H20N2S. The van der Waals surface area contributed by atoms with Gasteiger partial charge in [0.15, 0.2) is 0 Å². The van der Waals surface area contributed by atoms with Crippen LogP contribution in [0, 0.1) is 0 Å². The van der Waals surface area contributed by atoms with E-state index in [1.165, 1.54) is 10.9 Å². The molecule has 2 nitrogen and oxygen atoms in total. The molecule has 0 aliphatic heterocycles. The van der Waals surface area contributed by atoms with Crippen LogP contribution in [0.5, 0.6) is 0 Å². The zero-order chi connectivity index (χ0) is 13.2. The molecule has 18 heavy (non-hydrogen) atoms. The lowest BCUT2D eigenvalue weighted by Gasteiger charge is -2.19. The molecule has 0 atom stereocenters. The smallest absolute Gasteiger partial charge is 0.100 e. The fourth-order valence-electron chi connectivity index (χ4n) is 1.86. The quantitative estimate of drug-likeness (QED) is 0.857. The predicted octanol–water partition coefficient (Wildman–Crippen LogP) is 3.63. The Labute approximate surface area is 113 Å². The van der Waals surface area contributed by atoms with Gasteiger partial charge in [0, 0.05) is 10.1 Å².